The number of hydrogen-bond acceptors (Lipinski definition) is 4. The highest BCUT2D eigenvalue weighted by Crippen LogP contribution is 2.24. The van der Waals surface area contributed by atoms with Crippen LogP contribution in [-0.4, -0.2) is 44.7 Å². The molecule has 4 nitrogen and oxygen atoms in total. The second-order valence-corrected chi connectivity index (χ2v) is 4.47. The lowest BCUT2D eigenvalue weighted by Gasteiger charge is -2.35. The van der Waals surface area contributed by atoms with Gasteiger partial charge in [0.05, 0.1) is 7.11 Å². The van der Waals surface area contributed by atoms with E-state index in [1.165, 1.54) is 7.11 Å². The fourth-order valence-electron chi connectivity index (χ4n) is 2.28. The van der Waals surface area contributed by atoms with E-state index in [1.807, 2.05) is 30.3 Å². The molecule has 0 aliphatic rings. The summed E-state index contributed by atoms with van der Waals surface area (Å²) in [5, 5.41) is 3.17. The monoisotopic (exact) mass is 264 g/mol. The van der Waals surface area contributed by atoms with Crippen LogP contribution in [0.4, 0.5) is 0 Å². The van der Waals surface area contributed by atoms with Crippen molar-refractivity contribution < 1.29 is 9.53 Å². The van der Waals surface area contributed by atoms with Crippen LogP contribution in [0.2, 0.25) is 0 Å². The minimum Gasteiger partial charge on any atom is -0.467 e. The molecule has 0 heterocycles. The average Bonchev–Trinajstić information content (AvgIpc) is 2.49. The number of methoxy groups -OCH3 is 1. The highest BCUT2D eigenvalue weighted by molar-refractivity contribution is 5.83. The van der Waals surface area contributed by atoms with Crippen LogP contribution in [0.1, 0.15) is 19.4 Å². The number of carbonyl (C=O) groups is 1. The third-order valence-electron chi connectivity index (χ3n) is 3.58. The number of rotatable bonds is 7. The zero-order valence-corrected chi connectivity index (χ0v) is 12.3. The van der Waals surface area contributed by atoms with Crippen LogP contribution in [0.5, 0.6) is 0 Å². The maximum absolute atomic E-state index is 12.3. The summed E-state index contributed by atoms with van der Waals surface area (Å²) in [6.45, 7) is 6.55. The van der Waals surface area contributed by atoms with Crippen LogP contribution in [0, 0.1) is 0 Å². The number of likely N-dealkylation sites (N-methyl/N-ethyl adjacent to an activating group) is 2. The Balaban J connectivity index is 3.19. The molecule has 1 atom stereocenters. The third kappa shape index (κ3) is 3.33. The lowest BCUT2D eigenvalue weighted by Crippen LogP contribution is -2.55. The molecule has 0 aliphatic heterocycles. The summed E-state index contributed by atoms with van der Waals surface area (Å²) in [6.07, 6.45) is 0. The van der Waals surface area contributed by atoms with Gasteiger partial charge in [0.1, 0.15) is 0 Å². The molecule has 0 radical (unpaired) electrons. The van der Waals surface area contributed by atoms with E-state index in [0.717, 1.165) is 18.7 Å². The number of nitrogens with one attached hydrogen (secondary N) is 1. The SMILES string of the molecule is CCN(CC)CC(NC)(C(=O)OC)c1ccccc1. The lowest BCUT2D eigenvalue weighted by molar-refractivity contribution is -0.150. The Hall–Kier alpha value is -1.39. The zero-order valence-electron chi connectivity index (χ0n) is 12.3. The summed E-state index contributed by atoms with van der Waals surface area (Å²) in [4.78, 5) is 14.5. The van der Waals surface area contributed by atoms with Crippen LogP contribution >= 0.6 is 0 Å². The van der Waals surface area contributed by atoms with Crippen molar-refractivity contribution in [2.75, 3.05) is 33.8 Å². The summed E-state index contributed by atoms with van der Waals surface area (Å²) in [7, 11) is 3.23. The van der Waals surface area contributed by atoms with Crippen molar-refractivity contribution in [3.8, 4) is 0 Å². The standard InChI is InChI=1S/C15H24N2O2/c1-5-17(6-2)12-15(16-3,14(18)19-4)13-10-8-7-9-11-13/h7-11,16H,5-6,12H2,1-4H3. The fraction of sp³-hybridized carbons (Fsp3) is 0.533. The molecule has 1 unspecified atom stereocenters. The zero-order chi connectivity index (χ0) is 14.3. The van der Waals surface area contributed by atoms with Crippen molar-refractivity contribution >= 4 is 5.97 Å². The van der Waals surface area contributed by atoms with Gasteiger partial charge in [0.25, 0.3) is 0 Å². The van der Waals surface area contributed by atoms with Crippen LogP contribution in [0.3, 0.4) is 0 Å². The van der Waals surface area contributed by atoms with Crippen molar-refractivity contribution in [2.24, 2.45) is 0 Å². The van der Waals surface area contributed by atoms with Crippen molar-refractivity contribution in [1.29, 1.82) is 0 Å². The maximum atomic E-state index is 12.3. The molecule has 0 saturated heterocycles. The number of ether oxygens (including phenoxy) is 1. The first-order chi connectivity index (χ1) is 9.14. The highest BCUT2D eigenvalue weighted by Gasteiger charge is 2.41. The molecule has 0 spiro atoms. The van der Waals surface area contributed by atoms with Gasteiger partial charge in [-0.15, -0.1) is 0 Å². The first-order valence-electron chi connectivity index (χ1n) is 6.69. The number of carbonyl (C=O) groups excluding carboxylic acids is 1. The Morgan fingerprint density at radius 3 is 2.26 bits per heavy atom. The van der Waals surface area contributed by atoms with Gasteiger partial charge in [-0.1, -0.05) is 44.2 Å². The van der Waals surface area contributed by atoms with Gasteiger partial charge in [-0.3, -0.25) is 0 Å². The minimum atomic E-state index is -0.817. The molecule has 0 amide bonds. The summed E-state index contributed by atoms with van der Waals surface area (Å²) in [5.41, 5.74) is 0.110. The summed E-state index contributed by atoms with van der Waals surface area (Å²) < 4.78 is 5.02. The molecule has 1 N–H and O–H groups in total. The molecule has 0 saturated carbocycles. The van der Waals surface area contributed by atoms with E-state index in [-0.39, 0.29) is 5.97 Å². The van der Waals surface area contributed by atoms with E-state index < -0.39 is 5.54 Å². The van der Waals surface area contributed by atoms with Gasteiger partial charge >= 0.3 is 5.97 Å². The van der Waals surface area contributed by atoms with E-state index >= 15 is 0 Å². The normalized spacial score (nSPS) is 14.2. The van der Waals surface area contributed by atoms with Crippen molar-refractivity contribution in [3.05, 3.63) is 35.9 Å². The predicted octanol–water partition coefficient (Wildman–Crippen LogP) is 1.62. The Kier molecular flexibility index (Phi) is 5.99. The van der Waals surface area contributed by atoms with Crippen molar-refractivity contribution in [1.82, 2.24) is 10.2 Å². The largest absolute Gasteiger partial charge is 0.467 e. The minimum absolute atomic E-state index is 0.256. The smallest absolute Gasteiger partial charge is 0.332 e. The Morgan fingerprint density at radius 1 is 1.26 bits per heavy atom. The average molecular weight is 264 g/mol. The molecule has 0 bridgehead atoms. The van der Waals surface area contributed by atoms with Crippen molar-refractivity contribution in [2.45, 2.75) is 19.4 Å². The topological polar surface area (TPSA) is 41.6 Å². The van der Waals surface area contributed by atoms with Gasteiger partial charge in [0, 0.05) is 6.54 Å². The fourth-order valence-corrected chi connectivity index (χ4v) is 2.28. The van der Waals surface area contributed by atoms with Crippen LogP contribution < -0.4 is 5.32 Å². The van der Waals surface area contributed by atoms with Gasteiger partial charge in [0.2, 0.25) is 0 Å². The maximum Gasteiger partial charge on any atom is 0.332 e. The van der Waals surface area contributed by atoms with Gasteiger partial charge in [-0.25, -0.2) is 4.79 Å². The first kappa shape index (κ1) is 15.7. The van der Waals surface area contributed by atoms with E-state index in [0.29, 0.717) is 6.54 Å². The molecule has 1 aromatic carbocycles. The van der Waals surface area contributed by atoms with Crippen LogP contribution in [-0.2, 0) is 15.1 Å². The van der Waals surface area contributed by atoms with Crippen LogP contribution in [0.25, 0.3) is 0 Å². The molecular weight excluding hydrogens is 240 g/mol. The number of nitrogens with zero attached hydrogens (tertiary/aromatic N) is 1. The molecule has 1 aromatic rings. The number of hydrogen-bond donors (Lipinski definition) is 1. The van der Waals surface area contributed by atoms with Gasteiger partial charge < -0.3 is 15.0 Å². The van der Waals surface area contributed by atoms with E-state index in [9.17, 15) is 4.79 Å². The van der Waals surface area contributed by atoms with E-state index in [2.05, 4.69) is 24.1 Å². The summed E-state index contributed by atoms with van der Waals surface area (Å²) in [5.74, 6) is -0.256. The number of benzene rings is 1. The van der Waals surface area contributed by atoms with Gasteiger partial charge in [-0.05, 0) is 25.7 Å². The summed E-state index contributed by atoms with van der Waals surface area (Å²) >= 11 is 0. The second kappa shape index (κ2) is 7.26. The lowest BCUT2D eigenvalue weighted by atomic mass is 9.89. The first-order valence-corrected chi connectivity index (χ1v) is 6.69. The molecule has 4 heteroatoms. The van der Waals surface area contributed by atoms with Crippen molar-refractivity contribution in [3.63, 3.8) is 0 Å². The van der Waals surface area contributed by atoms with Crippen LogP contribution in [0.15, 0.2) is 30.3 Å². The highest BCUT2D eigenvalue weighted by atomic mass is 16.5. The third-order valence-corrected chi connectivity index (χ3v) is 3.58. The quantitative estimate of drug-likeness (QED) is 0.760. The molecular formula is C15H24N2O2. The van der Waals surface area contributed by atoms with Gasteiger partial charge in [-0.2, -0.15) is 0 Å². The molecule has 0 fully saturated rings. The number of esters is 1. The summed E-state index contributed by atoms with van der Waals surface area (Å²) in [6, 6.07) is 9.73. The van der Waals surface area contributed by atoms with Gasteiger partial charge in [0.15, 0.2) is 5.54 Å². The molecule has 19 heavy (non-hydrogen) atoms. The Morgan fingerprint density at radius 2 is 1.84 bits per heavy atom. The molecule has 1 rings (SSSR count). The molecule has 106 valence electrons. The molecule has 0 aliphatic carbocycles. The second-order valence-electron chi connectivity index (χ2n) is 4.47. The predicted molar refractivity (Wildman–Crippen MR) is 77.0 cm³/mol. The molecule has 0 aromatic heterocycles. The van der Waals surface area contributed by atoms with E-state index in [1.54, 1.807) is 7.05 Å². The Labute approximate surface area is 115 Å². The van der Waals surface area contributed by atoms with E-state index in [4.69, 9.17) is 4.74 Å². The Bertz CT molecular complexity index is 390.